The normalized spacial score (nSPS) is 22.8. The van der Waals surface area contributed by atoms with Gasteiger partial charge in [-0.3, -0.25) is 4.79 Å². The lowest BCUT2D eigenvalue weighted by atomic mass is 10.1. The number of hydrogen-bond acceptors (Lipinski definition) is 5. The molecule has 0 aromatic carbocycles. The van der Waals surface area contributed by atoms with Crippen molar-refractivity contribution >= 4 is 17.4 Å². The lowest BCUT2D eigenvalue weighted by Crippen LogP contribution is -2.43. The molecule has 1 aliphatic carbocycles. The van der Waals surface area contributed by atoms with E-state index in [-0.39, 0.29) is 11.9 Å². The summed E-state index contributed by atoms with van der Waals surface area (Å²) in [6, 6.07) is 4.11. The zero-order chi connectivity index (χ0) is 14.4. The van der Waals surface area contributed by atoms with Gasteiger partial charge < -0.3 is 10.2 Å². The molecule has 7 heteroatoms. The van der Waals surface area contributed by atoms with Crippen LogP contribution in [0.4, 0.5) is 5.82 Å². The Kier molecular flexibility index (Phi) is 2.80. The average Bonchev–Trinajstić information content (AvgIpc) is 3.23. The minimum Gasteiger partial charge on any atom is -0.364 e. The first-order valence-corrected chi connectivity index (χ1v) is 7.43. The summed E-state index contributed by atoms with van der Waals surface area (Å²) in [5.74, 6) is 2.51. The summed E-state index contributed by atoms with van der Waals surface area (Å²) < 4.78 is 1.84. The van der Waals surface area contributed by atoms with Crippen molar-refractivity contribution in [2.45, 2.75) is 37.6 Å². The smallest absolute Gasteiger partial charge is 0.222 e. The molecule has 1 amide bonds. The summed E-state index contributed by atoms with van der Waals surface area (Å²) in [4.78, 5) is 13.3. The lowest BCUT2D eigenvalue weighted by molar-refractivity contribution is -0.132. The first-order chi connectivity index (χ1) is 10.2. The van der Waals surface area contributed by atoms with Crippen molar-refractivity contribution in [3.05, 3.63) is 18.0 Å². The van der Waals surface area contributed by atoms with Gasteiger partial charge in [0.05, 0.1) is 0 Å². The first kappa shape index (κ1) is 12.6. The molecule has 0 radical (unpaired) electrons. The van der Waals surface area contributed by atoms with E-state index in [0.717, 1.165) is 30.3 Å². The SMILES string of the molecule is CN1C[C@@H](Nc2ccc3nnc(C4CC4)n3n2)CCC1=O. The maximum absolute atomic E-state index is 11.5. The number of nitrogens with zero attached hydrogens (tertiary/aromatic N) is 5. The van der Waals surface area contributed by atoms with Crippen LogP contribution >= 0.6 is 0 Å². The van der Waals surface area contributed by atoms with Gasteiger partial charge in [-0.05, 0) is 31.4 Å². The van der Waals surface area contributed by atoms with Crippen LogP contribution < -0.4 is 5.32 Å². The largest absolute Gasteiger partial charge is 0.364 e. The van der Waals surface area contributed by atoms with E-state index in [4.69, 9.17) is 0 Å². The molecule has 1 saturated heterocycles. The van der Waals surface area contributed by atoms with E-state index in [1.54, 1.807) is 4.90 Å². The van der Waals surface area contributed by atoms with E-state index in [0.29, 0.717) is 12.3 Å². The number of rotatable bonds is 3. The van der Waals surface area contributed by atoms with Gasteiger partial charge >= 0.3 is 0 Å². The van der Waals surface area contributed by atoms with Crippen LogP contribution in [-0.2, 0) is 4.79 Å². The molecule has 2 fully saturated rings. The maximum Gasteiger partial charge on any atom is 0.222 e. The highest BCUT2D eigenvalue weighted by atomic mass is 16.2. The van der Waals surface area contributed by atoms with Gasteiger partial charge in [-0.25, -0.2) is 0 Å². The van der Waals surface area contributed by atoms with Crippen LogP contribution in [0.2, 0.25) is 0 Å². The van der Waals surface area contributed by atoms with Crippen molar-refractivity contribution in [2.24, 2.45) is 0 Å². The number of piperidine rings is 1. The quantitative estimate of drug-likeness (QED) is 0.912. The van der Waals surface area contributed by atoms with Crippen LogP contribution in [0, 0.1) is 0 Å². The van der Waals surface area contributed by atoms with Gasteiger partial charge in [0, 0.05) is 32.0 Å². The maximum atomic E-state index is 11.5. The van der Waals surface area contributed by atoms with Gasteiger partial charge in [0.25, 0.3) is 0 Å². The second-order valence-corrected chi connectivity index (χ2v) is 5.98. The summed E-state index contributed by atoms with van der Waals surface area (Å²) in [6.45, 7) is 0.718. The highest BCUT2D eigenvalue weighted by molar-refractivity contribution is 5.77. The van der Waals surface area contributed by atoms with Crippen molar-refractivity contribution < 1.29 is 4.79 Å². The number of hydrogen-bond donors (Lipinski definition) is 1. The molecule has 4 rings (SSSR count). The van der Waals surface area contributed by atoms with E-state index in [1.807, 2.05) is 23.7 Å². The van der Waals surface area contributed by atoms with E-state index in [2.05, 4.69) is 20.6 Å². The minimum absolute atomic E-state index is 0.214. The molecule has 2 aromatic heterocycles. The van der Waals surface area contributed by atoms with E-state index in [1.165, 1.54) is 12.8 Å². The van der Waals surface area contributed by atoms with Gasteiger partial charge in [-0.1, -0.05) is 0 Å². The third kappa shape index (κ3) is 2.32. The van der Waals surface area contributed by atoms with Crippen molar-refractivity contribution in [3.8, 4) is 0 Å². The van der Waals surface area contributed by atoms with Crippen LogP contribution in [-0.4, -0.2) is 50.3 Å². The number of fused-ring (bicyclic) bond motifs is 1. The second-order valence-electron chi connectivity index (χ2n) is 5.98. The van der Waals surface area contributed by atoms with Crippen molar-refractivity contribution in [2.75, 3.05) is 18.9 Å². The summed E-state index contributed by atoms with van der Waals surface area (Å²) in [7, 11) is 1.85. The molecular formula is C14H18N6O. The fourth-order valence-electron chi connectivity index (χ4n) is 2.82. The van der Waals surface area contributed by atoms with Gasteiger partial charge in [0.1, 0.15) is 5.82 Å². The third-order valence-corrected chi connectivity index (χ3v) is 4.21. The summed E-state index contributed by atoms with van der Waals surface area (Å²) in [6.07, 6.45) is 3.79. The van der Waals surface area contributed by atoms with Gasteiger partial charge in [0.2, 0.25) is 5.91 Å². The number of likely N-dealkylation sites (tertiary alicyclic amines) is 1. The van der Waals surface area contributed by atoms with E-state index in [9.17, 15) is 4.79 Å². The molecule has 110 valence electrons. The van der Waals surface area contributed by atoms with Gasteiger partial charge in [-0.15, -0.1) is 15.3 Å². The molecule has 1 aliphatic heterocycles. The predicted octanol–water partition coefficient (Wildman–Crippen LogP) is 1.03. The monoisotopic (exact) mass is 286 g/mol. The Morgan fingerprint density at radius 3 is 2.86 bits per heavy atom. The standard InChI is InChI=1S/C14H18N6O/c1-19-8-10(4-7-13(19)21)15-11-5-6-12-16-17-14(9-2-3-9)20(12)18-11/h5-6,9-10H,2-4,7-8H2,1H3,(H,15,18)/t10-/m0/s1. The molecule has 3 heterocycles. The van der Waals surface area contributed by atoms with Crippen molar-refractivity contribution in [1.29, 1.82) is 0 Å². The molecular weight excluding hydrogens is 268 g/mol. The van der Waals surface area contributed by atoms with Crippen LogP contribution in [0.1, 0.15) is 37.4 Å². The summed E-state index contributed by atoms with van der Waals surface area (Å²) in [5.41, 5.74) is 0.790. The van der Waals surface area contributed by atoms with Crippen LogP contribution in [0.3, 0.4) is 0 Å². The van der Waals surface area contributed by atoms with Crippen molar-refractivity contribution in [1.82, 2.24) is 24.7 Å². The first-order valence-electron chi connectivity index (χ1n) is 7.43. The Hall–Kier alpha value is -2.18. The molecule has 21 heavy (non-hydrogen) atoms. The number of carbonyl (C=O) groups is 1. The number of anilines is 1. The van der Waals surface area contributed by atoms with Gasteiger partial charge in [0.15, 0.2) is 11.5 Å². The Morgan fingerprint density at radius 1 is 1.24 bits per heavy atom. The van der Waals surface area contributed by atoms with Crippen LogP contribution in [0.5, 0.6) is 0 Å². The molecule has 1 atom stereocenters. The number of aromatic nitrogens is 4. The topological polar surface area (TPSA) is 75.4 Å². The zero-order valence-corrected chi connectivity index (χ0v) is 12.0. The molecule has 1 N–H and O–H groups in total. The van der Waals surface area contributed by atoms with Crippen LogP contribution in [0.25, 0.3) is 5.65 Å². The Labute approximate surface area is 122 Å². The molecule has 7 nitrogen and oxygen atoms in total. The summed E-state index contributed by atoms with van der Waals surface area (Å²) >= 11 is 0. The minimum atomic E-state index is 0.214. The third-order valence-electron chi connectivity index (χ3n) is 4.21. The molecule has 0 spiro atoms. The Morgan fingerprint density at radius 2 is 2.10 bits per heavy atom. The molecule has 2 aliphatic rings. The van der Waals surface area contributed by atoms with E-state index < -0.39 is 0 Å². The number of likely N-dealkylation sites (N-methyl/N-ethyl adjacent to an activating group) is 1. The van der Waals surface area contributed by atoms with Crippen molar-refractivity contribution in [3.63, 3.8) is 0 Å². The Balaban J connectivity index is 1.56. The fraction of sp³-hybridized carbons (Fsp3) is 0.571. The lowest BCUT2D eigenvalue weighted by Gasteiger charge is -2.30. The number of nitrogens with one attached hydrogen (secondary N) is 1. The van der Waals surface area contributed by atoms with E-state index >= 15 is 0 Å². The highest BCUT2D eigenvalue weighted by Gasteiger charge is 2.29. The zero-order valence-electron chi connectivity index (χ0n) is 12.0. The number of carbonyl (C=O) groups excluding carboxylic acids is 1. The second kappa shape index (κ2) is 4.68. The molecule has 0 bridgehead atoms. The van der Waals surface area contributed by atoms with Crippen LogP contribution in [0.15, 0.2) is 12.1 Å². The molecule has 1 saturated carbocycles. The molecule has 2 aromatic rings. The summed E-state index contributed by atoms with van der Waals surface area (Å²) in [5, 5.41) is 16.4. The predicted molar refractivity (Wildman–Crippen MR) is 77.0 cm³/mol. The van der Waals surface area contributed by atoms with Gasteiger partial charge in [-0.2, -0.15) is 4.52 Å². The fourth-order valence-corrected chi connectivity index (χ4v) is 2.82. The highest BCUT2D eigenvalue weighted by Crippen LogP contribution is 2.38. The average molecular weight is 286 g/mol. The molecule has 0 unspecified atom stereocenters. The Bertz CT molecular complexity index is 692. The number of amides is 1.